The number of carboxylic acid groups (broad SMARTS) is 1. The molecule has 1 N–H and O–H groups in total. The minimum Gasteiger partial charge on any atom is -0.480 e. The third-order valence-electron chi connectivity index (χ3n) is 5.45. The minimum absolute atomic E-state index is 0.0244. The number of aromatic nitrogens is 2. The molecule has 2 aliphatic heterocycles. The molecule has 24 heavy (non-hydrogen) atoms. The van der Waals surface area contributed by atoms with Crippen LogP contribution in [0.4, 0.5) is 0 Å². The highest BCUT2D eigenvalue weighted by molar-refractivity contribution is 5.92. The molecule has 1 spiro atoms. The molecular weight excluding hydrogens is 308 g/mol. The Kier molecular flexibility index (Phi) is 4.62. The summed E-state index contributed by atoms with van der Waals surface area (Å²) in [5.74, 6) is -0.740. The zero-order chi connectivity index (χ0) is 17.3. The number of aliphatic carboxylic acids is 1. The lowest BCUT2D eigenvalue weighted by molar-refractivity contribution is -0.142. The van der Waals surface area contributed by atoms with Gasteiger partial charge in [-0.05, 0) is 43.7 Å². The molecule has 7 heteroatoms. The highest BCUT2D eigenvalue weighted by Gasteiger charge is 2.48. The van der Waals surface area contributed by atoms with Crippen LogP contribution in [0.1, 0.15) is 43.1 Å². The molecule has 2 aliphatic rings. The molecule has 0 bridgehead atoms. The fourth-order valence-electron chi connectivity index (χ4n) is 4.15. The minimum atomic E-state index is -0.715. The standard InChI is InChI=1S/C17H26N4O3/c1-3-7-21-12-17(11-14(21)16(23)24)5-9-20(10-6-17)15(22)13-4-8-19(2)18-13/h4,8,14H,3,5-7,9-12H2,1-2H3,(H,23,24). The van der Waals surface area contributed by atoms with E-state index in [1.54, 1.807) is 24.0 Å². The number of carbonyl (C=O) groups excluding carboxylic acids is 1. The van der Waals surface area contributed by atoms with Gasteiger partial charge in [0.1, 0.15) is 11.7 Å². The monoisotopic (exact) mass is 334 g/mol. The summed E-state index contributed by atoms with van der Waals surface area (Å²) in [5, 5.41) is 13.7. The molecule has 0 aromatic carbocycles. The number of rotatable bonds is 4. The maximum absolute atomic E-state index is 12.5. The van der Waals surface area contributed by atoms with Gasteiger partial charge in [0.05, 0.1) is 0 Å². The Morgan fingerprint density at radius 2 is 2.08 bits per heavy atom. The van der Waals surface area contributed by atoms with E-state index in [1.807, 2.05) is 4.90 Å². The lowest BCUT2D eigenvalue weighted by atomic mass is 9.76. The summed E-state index contributed by atoms with van der Waals surface area (Å²) in [5.41, 5.74) is 0.523. The number of piperidine rings is 1. The van der Waals surface area contributed by atoms with Crippen LogP contribution in [0.25, 0.3) is 0 Å². The van der Waals surface area contributed by atoms with E-state index in [1.165, 1.54) is 0 Å². The quantitative estimate of drug-likeness (QED) is 0.895. The van der Waals surface area contributed by atoms with Crippen molar-refractivity contribution in [1.29, 1.82) is 0 Å². The number of amides is 1. The first-order chi connectivity index (χ1) is 11.4. The van der Waals surface area contributed by atoms with Crippen LogP contribution in [-0.4, -0.2) is 68.8 Å². The molecule has 0 saturated carbocycles. The van der Waals surface area contributed by atoms with Gasteiger partial charge in [-0.3, -0.25) is 19.2 Å². The molecule has 2 fully saturated rings. The van der Waals surface area contributed by atoms with E-state index in [0.717, 1.165) is 32.4 Å². The van der Waals surface area contributed by atoms with Crippen molar-refractivity contribution >= 4 is 11.9 Å². The Morgan fingerprint density at radius 3 is 2.62 bits per heavy atom. The summed E-state index contributed by atoms with van der Waals surface area (Å²) >= 11 is 0. The Bertz CT molecular complexity index is 619. The maximum atomic E-state index is 12.5. The molecule has 3 rings (SSSR count). The summed E-state index contributed by atoms with van der Waals surface area (Å²) in [4.78, 5) is 28.0. The van der Waals surface area contributed by atoms with Crippen LogP contribution in [-0.2, 0) is 11.8 Å². The highest BCUT2D eigenvalue weighted by atomic mass is 16.4. The lowest BCUT2D eigenvalue weighted by Gasteiger charge is -2.39. The van der Waals surface area contributed by atoms with Gasteiger partial charge in [-0.25, -0.2) is 0 Å². The molecule has 2 saturated heterocycles. The molecular formula is C17H26N4O3. The van der Waals surface area contributed by atoms with Crippen LogP contribution >= 0.6 is 0 Å². The van der Waals surface area contributed by atoms with Crippen LogP contribution in [0.15, 0.2) is 12.3 Å². The van der Waals surface area contributed by atoms with Crippen LogP contribution < -0.4 is 0 Å². The topological polar surface area (TPSA) is 78.7 Å². The number of likely N-dealkylation sites (tertiary alicyclic amines) is 2. The van der Waals surface area contributed by atoms with Crippen LogP contribution in [0, 0.1) is 5.41 Å². The smallest absolute Gasteiger partial charge is 0.320 e. The SMILES string of the molecule is CCCN1CC2(CCN(C(=O)c3ccn(C)n3)CC2)CC1C(=O)O. The summed E-state index contributed by atoms with van der Waals surface area (Å²) in [6, 6.07) is 1.37. The Balaban J connectivity index is 1.64. The molecule has 3 heterocycles. The third kappa shape index (κ3) is 3.17. The number of aryl methyl sites for hydroxylation is 1. The fraction of sp³-hybridized carbons (Fsp3) is 0.706. The number of hydrogen-bond acceptors (Lipinski definition) is 4. The molecule has 132 valence electrons. The average Bonchev–Trinajstić information content (AvgIpc) is 3.13. The van der Waals surface area contributed by atoms with E-state index in [-0.39, 0.29) is 17.4 Å². The predicted molar refractivity (Wildman–Crippen MR) is 88.7 cm³/mol. The number of nitrogens with zero attached hydrogens (tertiary/aromatic N) is 4. The van der Waals surface area contributed by atoms with Gasteiger partial charge < -0.3 is 10.0 Å². The molecule has 1 amide bonds. The summed E-state index contributed by atoms with van der Waals surface area (Å²) in [7, 11) is 1.80. The van der Waals surface area contributed by atoms with Crippen molar-refractivity contribution < 1.29 is 14.7 Å². The molecule has 1 aromatic heterocycles. The van der Waals surface area contributed by atoms with Gasteiger partial charge in [0.25, 0.3) is 5.91 Å². The van der Waals surface area contributed by atoms with Crippen molar-refractivity contribution in [1.82, 2.24) is 19.6 Å². The van der Waals surface area contributed by atoms with Gasteiger partial charge >= 0.3 is 5.97 Å². The first-order valence-corrected chi connectivity index (χ1v) is 8.70. The van der Waals surface area contributed by atoms with Crippen molar-refractivity contribution in [2.75, 3.05) is 26.2 Å². The zero-order valence-corrected chi connectivity index (χ0v) is 14.4. The van der Waals surface area contributed by atoms with Crippen molar-refractivity contribution in [2.24, 2.45) is 12.5 Å². The first-order valence-electron chi connectivity index (χ1n) is 8.70. The van der Waals surface area contributed by atoms with Gasteiger partial charge in [-0.1, -0.05) is 6.92 Å². The van der Waals surface area contributed by atoms with E-state index in [2.05, 4.69) is 16.9 Å². The number of carbonyl (C=O) groups is 2. The third-order valence-corrected chi connectivity index (χ3v) is 5.45. The van der Waals surface area contributed by atoms with Gasteiger partial charge in [0.15, 0.2) is 0 Å². The van der Waals surface area contributed by atoms with Crippen LogP contribution in [0.3, 0.4) is 0 Å². The molecule has 0 aliphatic carbocycles. The van der Waals surface area contributed by atoms with Crippen molar-refractivity contribution in [3.05, 3.63) is 18.0 Å². The van der Waals surface area contributed by atoms with E-state index in [0.29, 0.717) is 25.2 Å². The normalized spacial score (nSPS) is 23.8. The van der Waals surface area contributed by atoms with Crippen molar-refractivity contribution in [3.8, 4) is 0 Å². The van der Waals surface area contributed by atoms with E-state index in [4.69, 9.17) is 0 Å². The second-order valence-corrected chi connectivity index (χ2v) is 7.20. The van der Waals surface area contributed by atoms with E-state index in [9.17, 15) is 14.7 Å². The first kappa shape index (κ1) is 17.0. The zero-order valence-electron chi connectivity index (χ0n) is 14.4. The van der Waals surface area contributed by atoms with Gasteiger partial charge in [0, 0.05) is 32.9 Å². The number of hydrogen-bond donors (Lipinski definition) is 1. The van der Waals surface area contributed by atoms with Crippen molar-refractivity contribution in [2.45, 2.75) is 38.6 Å². The highest BCUT2D eigenvalue weighted by Crippen LogP contribution is 2.43. The summed E-state index contributed by atoms with van der Waals surface area (Å²) in [6.45, 7) is 5.11. The molecule has 1 aromatic rings. The van der Waals surface area contributed by atoms with Gasteiger partial charge in [-0.2, -0.15) is 5.10 Å². The fourth-order valence-corrected chi connectivity index (χ4v) is 4.15. The van der Waals surface area contributed by atoms with E-state index >= 15 is 0 Å². The van der Waals surface area contributed by atoms with Crippen LogP contribution in [0.5, 0.6) is 0 Å². The summed E-state index contributed by atoms with van der Waals surface area (Å²) in [6.07, 6.45) is 5.18. The predicted octanol–water partition coefficient (Wildman–Crippen LogP) is 1.21. The van der Waals surface area contributed by atoms with Crippen LogP contribution in [0.2, 0.25) is 0 Å². The molecule has 0 radical (unpaired) electrons. The second kappa shape index (κ2) is 6.55. The maximum Gasteiger partial charge on any atom is 0.320 e. The Hall–Kier alpha value is -1.89. The summed E-state index contributed by atoms with van der Waals surface area (Å²) < 4.78 is 1.63. The molecule has 1 unspecified atom stereocenters. The Morgan fingerprint density at radius 1 is 1.38 bits per heavy atom. The van der Waals surface area contributed by atoms with Crippen molar-refractivity contribution in [3.63, 3.8) is 0 Å². The van der Waals surface area contributed by atoms with Gasteiger partial charge in [0.2, 0.25) is 0 Å². The largest absolute Gasteiger partial charge is 0.480 e. The average molecular weight is 334 g/mol. The second-order valence-electron chi connectivity index (χ2n) is 7.20. The van der Waals surface area contributed by atoms with Gasteiger partial charge in [-0.15, -0.1) is 0 Å². The van der Waals surface area contributed by atoms with E-state index < -0.39 is 5.97 Å². The Labute approximate surface area is 142 Å². The number of carboxylic acids is 1. The lowest BCUT2D eigenvalue weighted by Crippen LogP contribution is -2.44. The molecule has 1 atom stereocenters. The molecule has 7 nitrogen and oxygen atoms in total.